The van der Waals surface area contributed by atoms with Crippen molar-refractivity contribution < 1.29 is 9.47 Å². The fourth-order valence-corrected chi connectivity index (χ4v) is 3.23. The zero-order chi connectivity index (χ0) is 18.1. The summed E-state index contributed by atoms with van der Waals surface area (Å²) in [5, 5.41) is 8.64. The summed E-state index contributed by atoms with van der Waals surface area (Å²) in [7, 11) is 1.74. The number of rotatable bonds is 6. The van der Waals surface area contributed by atoms with Crippen molar-refractivity contribution in [1.82, 2.24) is 4.98 Å². The summed E-state index contributed by atoms with van der Waals surface area (Å²) in [5.74, 6) is 1.65. The summed E-state index contributed by atoms with van der Waals surface area (Å²) in [5.41, 5.74) is 8.58. The van der Waals surface area contributed by atoms with Crippen LogP contribution in [-0.4, -0.2) is 43.1 Å². The van der Waals surface area contributed by atoms with Gasteiger partial charge >= 0.3 is 0 Å². The molecule has 136 valence electrons. The van der Waals surface area contributed by atoms with Gasteiger partial charge in [-0.1, -0.05) is 0 Å². The van der Waals surface area contributed by atoms with Crippen LogP contribution in [0.15, 0.2) is 36.5 Å². The molecule has 4 rings (SSSR count). The molecule has 6 heteroatoms. The van der Waals surface area contributed by atoms with E-state index in [1.54, 1.807) is 13.3 Å². The van der Waals surface area contributed by atoms with Gasteiger partial charge in [-0.25, -0.2) is 4.98 Å². The van der Waals surface area contributed by atoms with Crippen LogP contribution in [0.2, 0.25) is 0 Å². The van der Waals surface area contributed by atoms with Crippen LogP contribution in [0, 0.1) is 5.41 Å². The Morgan fingerprint density at radius 2 is 2.04 bits per heavy atom. The summed E-state index contributed by atoms with van der Waals surface area (Å²) in [6.07, 6.45) is 5.50. The minimum atomic E-state index is 0.242. The van der Waals surface area contributed by atoms with Crippen molar-refractivity contribution in [2.75, 3.05) is 30.8 Å². The zero-order valence-corrected chi connectivity index (χ0v) is 14.9. The lowest BCUT2D eigenvalue weighted by Crippen LogP contribution is -2.23. The average molecular weight is 352 g/mol. The minimum absolute atomic E-state index is 0.242. The molecule has 2 heterocycles. The number of ether oxygens (including phenoxy) is 2. The van der Waals surface area contributed by atoms with E-state index in [9.17, 15) is 0 Å². The van der Waals surface area contributed by atoms with E-state index in [1.165, 1.54) is 0 Å². The Bertz CT molecular complexity index is 819. The Morgan fingerprint density at radius 3 is 2.77 bits per heavy atom. The zero-order valence-electron chi connectivity index (χ0n) is 14.9. The van der Waals surface area contributed by atoms with Gasteiger partial charge in [0.15, 0.2) is 0 Å². The summed E-state index contributed by atoms with van der Waals surface area (Å²) >= 11 is 0. The molecular weight excluding hydrogens is 328 g/mol. The van der Waals surface area contributed by atoms with Crippen molar-refractivity contribution in [3.63, 3.8) is 0 Å². The molecule has 1 saturated heterocycles. The number of nitrogens with zero attached hydrogens (tertiary/aromatic N) is 2. The molecule has 0 bridgehead atoms. The van der Waals surface area contributed by atoms with Crippen LogP contribution in [0.1, 0.15) is 30.4 Å². The molecule has 1 saturated carbocycles. The number of aromatic nitrogens is 1. The van der Waals surface area contributed by atoms with Gasteiger partial charge in [-0.3, -0.25) is 5.41 Å². The van der Waals surface area contributed by atoms with E-state index in [-0.39, 0.29) is 6.10 Å². The molecule has 1 atom stereocenters. The molecule has 6 nitrogen and oxygen atoms in total. The maximum atomic E-state index is 8.64. The molecule has 0 spiro atoms. The topological polar surface area (TPSA) is 84.5 Å². The second-order valence-corrected chi connectivity index (χ2v) is 6.94. The third kappa shape index (κ3) is 3.51. The van der Waals surface area contributed by atoms with Crippen LogP contribution in [-0.2, 0) is 4.74 Å². The summed E-state index contributed by atoms with van der Waals surface area (Å²) in [6, 6.07) is 9.36. The third-order valence-corrected chi connectivity index (χ3v) is 4.96. The van der Waals surface area contributed by atoms with E-state index in [1.807, 2.05) is 30.3 Å². The van der Waals surface area contributed by atoms with Gasteiger partial charge in [0.1, 0.15) is 11.6 Å². The van der Waals surface area contributed by atoms with Gasteiger partial charge in [-0.2, -0.15) is 0 Å². The van der Waals surface area contributed by atoms with Gasteiger partial charge in [-0.15, -0.1) is 0 Å². The van der Waals surface area contributed by atoms with Gasteiger partial charge in [0, 0.05) is 43.2 Å². The molecule has 1 aromatic heterocycles. The molecular formula is C20H24N4O2. The van der Waals surface area contributed by atoms with Crippen LogP contribution >= 0.6 is 0 Å². The fourth-order valence-electron chi connectivity index (χ4n) is 3.23. The Morgan fingerprint density at radius 1 is 1.19 bits per heavy atom. The number of nitrogen functional groups attached to an aromatic ring is 1. The highest BCUT2D eigenvalue weighted by Crippen LogP contribution is 2.30. The van der Waals surface area contributed by atoms with Crippen LogP contribution < -0.4 is 15.4 Å². The highest BCUT2D eigenvalue weighted by molar-refractivity contribution is 6.14. The molecule has 0 amide bonds. The molecule has 1 aromatic carbocycles. The number of nitrogens with two attached hydrogens (primary N) is 1. The second-order valence-electron chi connectivity index (χ2n) is 6.94. The quantitative estimate of drug-likeness (QED) is 0.617. The molecule has 2 aromatic rings. The van der Waals surface area contributed by atoms with Gasteiger partial charge in [0.25, 0.3) is 0 Å². The molecule has 2 aliphatic rings. The monoisotopic (exact) mass is 352 g/mol. The van der Waals surface area contributed by atoms with Crippen LogP contribution in [0.5, 0.6) is 5.75 Å². The molecule has 2 fully saturated rings. The first kappa shape index (κ1) is 16.8. The first-order valence-corrected chi connectivity index (χ1v) is 9.03. The summed E-state index contributed by atoms with van der Waals surface area (Å²) in [4.78, 5) is 6.67. The Balaban J connectivity index is 1.57. The van der Waals surface area contributed by atoms with E-state index in [0.717, 1.165) is 49.5 Å². The van der Waals surface area contributed by atoms with E-state index >= 15 is 0 Å². The summed E-state index contributed by atoms with van der Waals surface area (Å²) < 4.78 is 11.3. The highest BCUT2D eigenvalue weighted by atomic mass is 16.5. The first-order valence-electron chi connectivity index (χ1n) is 9.03. The van der Waals surface area contributed by atoms with Crippen LogP contribution in [0.4, 0.5) is 11.5 Å². The average Bonchev–Trinajstić information content (AvgIpc) is 3.35. The number of benzene rings is 1. The molecule has 0 radical (unpaired) electrons. The molecule has 1 aliphatic heterocycles. The van der Waals surface area contributed by atoms with Gasteiger partial charge in [0.2, 0.25) is 0 Å². The Kier molecular flexibility index (Phi) is 4.51. The number of hydrogen-bond acceptors (Lipinski definition) is 6. The number of nitrogens with one attached hydrogen (secondary N) is 1. The number of anilines is 2. The maximum Gasteiger partial charge on any atom is 0.129 e. The number of hydrogen-bond donors (Lipinski definition) is 2. The van der Waals surface area contributed by atoms with Gasteiger partial charge < -0.3 is 20.1 Å². The second kappa shape index (κ2) is 6.96. The Labute approximate surface area is 153 Å². The lowest BCUT2D eigenvalue weighted by molar-refractivity contribution is 0.121. The van der Waals surface area contributed by atoms with Crippen LogP contribution in [0.25, 0.3) is 0 Å². The third-order valence-electron chi connectivity index (χ3n) is 4.96. The fraction of sp³-hybridized carbons (Fsp3) is 0.400. The summed E-state index contributed by atoms with van der Waals surface area (Å²) in [6.45, 7) is 1.74. The molecule has 0 unspecified atom stereocenters. The lowest BCUT2D eigenvalue weighted by Gasteiger charge is -2.18. The Hall–Kier alpha value is -2.60. The van der Waals surface area contributed by atoms with Crippen molar-refractivity contribution in [2.24, 2.45) is 0 Å². The normalized spacial score (nSPS) is 19.6. The van der Waals surface area contributed by atoms with E-state index in [4.69, 9.17) is 20.6 Å². The predicted molar refractivity (Wildman–Crippen MR) is 102 cm³/mol. The van der Waals surface area contributed by atoms with Gasteiger partial charge in [0.05, 0.1) is 17.9 Å². The standard InChI is InChI=1S/C20H24N4O2/c1-25-16-7-9-24(12-16)19-10-13(6-8-23-19)20(22)17-11-15(4-5-18(17)21)26-14-2-3-14/h4-6,8,10-11,14,16,22H,2-3,7,9,12,21H2,1H3/t16-/m0/s1. The number of pyridine rings is 1. The smallest absolute Gasteiger partial charge is 0.129 e. The van der Waals surface area contributed by atoms with E-state index in [0.29, 0.717) is 23.1 Å². The molecule has 26 heavy (non-hydrogen) atoms. The highest BCUT2D eigenvalue weighted by Gasteiger charge is 2.25. The maximum absolute atomic E-state index is 8.64. The molecule has 3 N–H and O–H groups in total. The lowest BCUT2D eigenvalue weighted by atomic mass is 10.0. The molecule has 1 aliphatic carbocycles. The van der Waals surface area contributed by atoms with Crippen molar-refractivity contribution in [2.45, 2.75) is 31.5 Å². The van der Waals surface area contributed by atoms with Crippen molar-refractivity contribution in [1.29, 1.82) is 5.41 Å². The van der Waals surface area contributed by atoms with Crippen molar-refractivity contribution in [3.05, 3.63) is 47.7 Å². The van der Waals surface area contributed by atoms with E-state index < -0.39 is 0 Å². The van der Waals surface area contributed by atoms with Crippen molar-refractivity contribution in [3.8, 4) is 5.75 Å². The minimum Gasteiger partial charge on any atom is -0.490 e. The van der Waals surface area contributed by atoms with Crippen molar-refractivity contribution >= 4 is 17.2 Å². The predicted octanol–water partition coefficient (Wildman–Crippen LogP) is 2.85. The van der Waals surface area contributed by atoms with Crippen LogP contribution in [0.3, 0.4) is 0 Å². The first-order chi connectivity index (χ1) is 12.6. The largest absolute Gasteiger partial charge is 0.490 e. The van der Waals surface area contributed by atoms with E-state index in [2.05, 4.69) is 9.88 Å². The van der Waals surface area contributed by atoms with Gasteiger partial charge in [-0.05, 0) is 49.6 Å². The SMILES string of the molecule is CO[C@H]1CCN(c2cc(C(=N)c3cc(OC4CC4)ccc3N)ccn2)C1. The number of methoxy groups -OCH3 is 1.